The molecule has 4 rings (SSSR count). The SMILES string of the molecule is O=S(=O)(c1ccc2c(c1)CCCO2)N1CCOC(C2CCC2)C1. The first-order valence-corrected chi connectivity index (χ1v) is 9.96. The molecule has 0 spiro atoms. The molecule has 2 aliphatic heterocycles. The van der Waals surface area contributed by atoms with Crippen LogP contribution in [-0.4, -0.2) is 45.1 Å². The van der Waals surface area contributed by atoms with Crippen LogP contribution in [0.15, 0.2) is 23.1 Å². The summed E-state index contributed by atoms with van der Waals surface area (Å²) in [5.74, 6) is 1.36. The average molecular weight is 337 g/mol. The number of benzene rings is 1. The van der Waals surface area contributed by atoms with Crippen molar-refractivity contribution in [3.8, 4) is 5.75 Å². The van der Waals surface area contributed by atoms with Crippen molar-refractivity contribution >= 4 is 10.0 Å². The van der Waals surface area contributed by atoms with Crippen LogP contribution >= 0.6 is 0 Å². The number of morpholine rings is 1. The molecule has 126 valence electrons. The summed E-state index contributed by atoms with van der Waals surface area (Å²) in [6.07, 6.45) is 5.45. The summed E-state index contributed by atoms with van der Waals surface area (Å²) in [4.78, 5) is 0.385. The zero-order chi connectivity index (χ0) is 15.9. The Kier molecular flexibility index (Phi) is 4.07. The largest absolute Gasteiger partial charge is 0.493 e. The molecule has 1 unspecified atom stereocenters. The second-order valence-electron chi connectivity index (χ2n) is 6.68. The first-order valence-electron chi connectivity index (χ1n) is 8.52. The highest BCUT2D eigenvalue weighted by atomic mass is 32.2. The van der Waals surface area contributed by atoms with Crippen molar-refractivity contribution in [1.82, 2.24) is 4.31 Å². The minimum Gasteiger partial charge on any atom is -0.493 e. The van der Waals surface area contributed by atoms with Crippen LogP contribution in [0.25, 0.3) is 0 Å². The predicted octanol–water partition coefficient (Wildman–Crippen LogP) is 2.20. The molecule has 1 saturated heterocycles. The van der Waals surface area contributed by atoms with Crippen LogP contribution in [0.4, 0.5) is 0 Å². The second kappa shape index (κ2) is 6.07. The van der Waals surface area contributed by atoms with E-state index < -0.39 is 10.0 Å². The van der Waals surface area contributed by atoms with Crippen molar-refractivity contribution in [3.05, 3.63) is 23.8 Å². The standard InChI is InChI=1S/C17H23NO4S/c19-23(20,15-6-7-16-14(11-15)5-2-9-21-16)18-8-10-22-17(12-18)13-3-1-4-13/h6-7,11,13,17H,1-5,8-10,12H2. The Morgan fingerprint density at radius 1 is 1.13 bits per heavy atom. The quantitative estimate of drug-likeness (QED) is 0.848. The molecular weight excluding hydrogens is 314 g/mol. The summed E-state index contributed by atoms with van der Waals surface area (Å²) in [5.41, 5.74) is 1.00. The van der Waals surface area contributed by atoms with Gasteiger partial charge in [0.25, 0.3) is 0 Å². The zero-order valence-electron chi connectivity index (χ0n) is 13.2. The third-order valence-electron chi connectivity index (χ3n) is 5.25. The maximum absolute atomic E-state index is 13.0. The van der Waals surface area contributed by atoms with Crippen LogP contribution in [0.3, 0.4) is 0 Å². The summed E-state index contributed by atoms with van der Waals surface area (Å²) in [6.45, 7) is 2.14. The van der Waals surface area contributed by atoms with E-state index in [4.69, 9.17) is 9.47 Å². The average Bonchev–Trinajstić information content (AvgIpc) is 2.53. The van der Waals surface area contributed by atoms with E-state index in [1.165, 1.54) is 6.42 Å². The van der Waals surface area contributed by atoms with Gasteiger partial charge in [-0.3, -0.25) is 0 Å². The van der Waals surface area contributed by atoms with E-state index in [9.17, 15) is 8.42 Å². The number of hydrogen-bond acceptors (Lipinski definition) is 4. The fraction of sp³-hybridized carbons (Fsp3) is 0.647. The number of nitrogens with zero attached hydrogens (tertiary/aromatic N) is 1. The molecule has 1 atom stereocenters. The van der Waals surface area contributed by atoms with E-state index in [1.807, 2.05) is 0 Å². The first kappa shape index (κ1) is 15.4. The van der Waals surface area contributed by atoms with Gasteiger partial charge in [0.2, 0.25) is 10.0 Å². The lowest BCUT2D eigenvalue weighted by atomic mass is 9.81. The summed E-state index contributed by atoms with van der Waals surface area (Å²) in [5, 5.41) is 0. The third kappa shape index (κ3) is 2.88. The summed E-state index contributed by atoms with van der Waals surface area (Å²) in [6, 6.07) is 5.26. The lowest BCUT2D eigenvalue weighted by Gasteiger charge is -2.39. The van der Waals surface area contributed by atoms with E-state index in [-0.39, 0.29) is 6.10 Å². The molecule has 0 amide bonds. The van der Waals surface area contributed by atoms with Crippen molar-refractivity contribution in [3.63, 3.8) is 0 Å². The van der Waals surface area contributed by atoms with Crippen molar-refractivity contribution in [2.75, 3.05) is 26.3 Å². The fourth-order valence-corrected chi connectivity index (χ4v) is 5.10. The van der Waals surface area contributed by atoms with Gasteiger partial charge in [-0.15, -0.1) is 0 Å². The number of aryl methyl sites for hydroxylation is 1. The van der Waals surface area contributed by atoms with E-state index >= 15 is 0 Å². The van der Waals surface area contributed by atoms with Crippen LogP contribution in [0.1, 0.15) is 31.2 Å². The number of rotatable bonds is 3. The van der Waals surface area contributed by atoms with Gasteiger partial charge in [-0.25, -0.2) is 8.42 Å². The molecule has 23 heavy (non-hydrogen) atoms. The van der Waals surface area contributed by atoms with Gasteiger partial charge < -0.3 is 9.47 Å². The highest BCUT2D eigenvalue weighted by molar-refractivity contribution is 7.89. The maximum Gasteiger partial charge on any atom is 0.243 e. The van der Waals surface area contributed by atoms with Gasteiger partial charge in [0.1, 0.15) is 5.75 Å². The molecule has 1 aromatic rings. The molecule has 1 saturated carbocycles. The van der Waals surface area contributed by atoms with E-state index in [0.717, 1.165) is 37.0 Å². The maximum atomic E-state index is 13.0. The molecular formula is C17H23NO4S. The van der Waals surface area contributed by atoms with Crippen molar-refractivity contribution in [2.45, 2.75) is 43.1 Å². The highest BCUT2D eigenvalue weighted by Gasteiger charge is 2.36. The summed E-state index contributed by atoms with van der Waals surface area (Å²) in [7, 11) is -3.45. The molecule has 3 aliphatic rings. The van der Waals surface area contributed by atoms with Crippen LogP contribution in [0, 0.1) is 5.92 Å². The minimum absolute atomic E-state index is 0.0632. The lowest BCUT2D eigenvalue weighted by molar-refractivity contribution is -0.0542. The highest BCUT2D eigenvalue weighted by Crippen LogP contribution is 2.34. The molecule has 6 heteroatoms. The van der Waals surface area contributed by atoms with Crippen LogP contribution < -0.4 is 4.74 Å². The molecule has 2 fully saturated rings. The molecule has 0 bridgehead atoms. The Labute approximate surface area is 137 Å². The van der Waals surface area contributed by atoms with Gasteiger partial charge in [-0.1, -0.05) is 6.42 Å². The van der Waals surface area contributed by atoms with Crippen LogP contribution in [-0.2, 0) is 21.2 Å². The molecule has 2 heterocycles. The summed E-state index contributed by atoms with van der Waals surface area (Å²) >= 11 is 0. The Hall–Kier alpha value is -1.11. The van der Waals surface area contributed by atoms with Crippen LogP contribution in [0.2, 0.25) is 0 Å². The lowest BCUT2D eigenvalue weighted by Crippen LogP contribution is -2.49. The Bertz CT molecular complexity index is 684. The topological polar surface area (TPSA) is 55.8 Å². The Morgan fingerprint density at radius 3 is 2.78 bits per heavy atom. The van der Waals surface area contributed by atoms with E-state index in [2.05, 4.69) is 0 Å². The third-order valence-corrected chi connectivity index (χ3v) is 7.11. The minimum atomic E-state index is -3.45. The number of ether oxygens (including phenoxy) is 2. The van der Waals surface area contributed by atoms with Crippen molar-refractivity contribution < 1.29 is 17.9 Å². The molecule has 0 aromatic heterocycles. The molecule has 5 nitrogen and oxygen atoms in total. The Balaban J connectivity index is 1.56. The smallest absolute Gasteiger partial charge is 0.243 e. The fourth-order valence-electron chi connectivity index (χ4n) is 3.61. The van der Waals surface area contributed by atoms with Gasteiger partial charge >= 0.3 is 0 Å². The normalized spacial score (nSPS) is 26.2. The predicted molar refractivity (Wildman–Crippen MR) is 86.1 cm³/mol. The molecule has 1 aliphatic carbocycles. The van der Waals surface area contributed by atoms with Gasteiger partial charge in [-0.05, 0) is 55.4 Å². The van der Waals surface area contributed by atoms with Crippen LogP contribution in [0.5, 0.6) is 5.75 Å². The Morgan fingerprint density at radius 2 is 2.00 bits per heavy atom. The molecule has 1 aromatic carbocycles. The zero-order valence-corrected chi connectivity index (χ0v) is 14.1. The second-order valence-corrected chi connectivity index (χ2v) is 8.62. The number of hydrogen-bond donors (Lipinski definition) is 0. The van der Waals surface area contributed by atoms with Gasteiger partial charge in [0, 0.05) is 13.1 Å². The van der Waals surface area contributed by atoms with Gasteiger partial charge in [-0.2, -0.15) is 4.31 Å². The van der Waals surface area contributed by atoms with E-state index in [0.29, 0.717) is 37.1 Å². The number of fused-ring (bicyclic) bond motifs is 1. The van der Waals surface area contributed by atoms with Gasteiger partial charge in [0.15, 0.2) is 0 Å². The summed E-state index contributed by atoms with van der Waals surface area (Å²) < 4.78 is 38.9. The van der Waals surface area contributed by atoms with E-state index in [1.54, 1.807) is 22.5 Å². The van der Waals surface area contributed by atoms with Crippen molar-refractivity contribution in [1.29, 1.82) is 0 Å². The monoisotopic (exact) mass is 337 g/mol. The number of sulfonamides is 1. The van der Waals surface area contributed by atoms with Gasteiger partial charge in [0.05, 0.1) is 24.2 Å². The molecule has 0 radical (unpaired) electrons. The van der Waals surface area contributed by atoms with Crippen molar-refractivity contribution in [2.24, 2.45) is 5.92 Å². The molecule has 0 N–H and O–H groups in total. The first-order chi connectivity index (χ1) is 11.1.